The average molecular weight is 309 g/mol. The molecule has 1 atom stereocenters. The fourth-order valence-electron chi connectivity index (χ4n) is 3.26. The molecule has 1 N–H and O–H groups in total. The van der Waals surface area contributed by atoms with E-state index in [1.807, 2.05) is 32.4 Å². The number of hydrogen-bond donors (Lipinski definition) is 1. The first-order valence-electron chi connectivity index (χ1n) is 7.59. The predicted octanol–water partition coefficient (Wildman–Crippen LogP) is 2.55. The number of esters is 1. The van der Waals surface area contributed by atoms with Gasteiger partial charge >= 0.3 is 12.1 Å². The van der Waals surface area contributed by atoms with Crippen LogP contribution < -0.4 is 0 Å². The maximum Gasteiger partial charge on any atom is 0.514 e. The summed E-state index contributed by atoms with van der Waals surface area (Å²) in [6, 6.07) is 1.79. The lowest BCUT2D eigenvalue weighted by atomic mass is 9.95. The van der Waals surface area contributed by atoms with E-state index in [-0.39, 0.29) is 10.5 Å². The van der Waals surface area contributed by atoms with Crippen molar-refractivity contribution in [1.82, 2.24) is 4.57 Å². The van der Waals surface area contributed by atoms with Crippen LogP contribution in [0.3, 0.4) is 0 Å². The number of carbonyl (C=O) groups is 2. The number of amides is 1. The van der Waals surface area contributed by atoms with E-state index in [9.17, 15) is 14.7 Å². The summed E-state index contributed by atoms with van der Waals surface area (Å²) in [4.78, 5) is 23.9. The van der Waals surface area contributed by atoms with Gasteiger partial charge < -0.3 is 14.4 Å². The fourth-order valence-corrected chi connectivity index (χ4v) is 3.26. The van der Waals surface area contributed by atoms with Crippen molar-refractivity contribution in [3.63, 3.8) is 0 Å². The van der Waals surface area contributed by atoms with Crippen LogP contribution in [0.25, 0.3) is 0 Å². The highest BCUT2D eigenvalue weighted by molar-refractivity contribution is 5.88. The maximum absolute atomic E-state index is 12.0. The summed E-state index contributed by atoms with van der Waals surface area (Å²) in [6.45, 7) is 8.84. The summed E-state index contributed by atoms with van der Waals surface area (Å²) in [5.41, 5.74) is 2.03. The molecule has 1 aromatic heterocycles. The van der Waals surface area contributed by atoms with Crippen molar-refractivity contribution < 1.29 is 23.9 Å². The number of quaternary nitrogens is 1. The molecule has 2 rings (SSSR count). The Morgan fingerprint density at radius 1 is 1.41 bits per heavy atom. The van der Waals surface area contributed by atoms with Gasteiger partial charge in [-0.05, 0) is 33.8 Å². The summed E-state index contributed by atoms with van der Waals surface area (Å²) >= 11 is 0. The third kappa shape index (κ3) is 2.41. The van der Waals surface area contributed by atoms with E-state index in [4.69, 9.17) is 4.74 Å². The van der Waals surface area contributed by atoms with E-state index in [1.165, 1.54) is 0 Å². The van der Waals surface area contributed by atoms with E-state index >= 15 is 0 Å². The van der Waals surface area contributed by atoms with Crippen molar-refractivity contribution >= 4 is 12.1 Å². The molecule has 1 aliphatic rings. The second-order valence-electron chi connectivity index (χ2n) is 6.83. The van der Waals surface area contributed by atoms with Crippen molar-refractivity contribution in [2.24, 2.45) is 7.05 Å². The molecule has 6 nitrogen and oxygen atoms in total. The van der Waals surface area contributed by atoms with Crippen molar-refractivity contribution in [3.05, 3.63) is 23.0 Å². The van der Waals surface area contributed by atoms with E-state index in [2.05, 4.69) is 0 Å². The number of aromatic nitrogens is 1. The Labute approximate surface area is 130 Å². The Balaban J connectivity index is 2.45. The minimum absolute atomic E-state index is 0.0215. The Morgan fingerprint density at radius 2 is 2.05 bits per heavy atom. The summed E-state index contributed by atoms with van der Waals surface area (Å²) in [5.74, 6) is -0.358. The zero-order valence-corrected chi connectivity index (χ0v) is 14.0. The van der Waals surface area contributed by atoms with Crippen LogP contribution in [0.15, 0.2) is 6.07 Å². The number of carbonyl (C=O) groups excluding carboxylic acids is 1. The number of carboxylic acid groups (broad SMARTS) is 1. The van der Waals surface area contributed by atoms with Gasteiger partial charge in [-0.3, -0.25) is 0 Å². The van der Waals surface area contributed by atoms with Crippen molar-refractivity contribution in [3.8, 4) is 0 Å². The van der Waals surface area contributed by atoms with Crippen LogP contribution in [0.5, 0.6) is 0 Å². The first-order valence-corrected chi connectivity index (χ1v) is 7.59. The normalized spacial score (nSPS) is 21.3. The molecule has 0 saturated carbocycles. The van der Waals surface area contributed by atoms with Crippen LogP contribution in [-0.4, -0.2) is 44.9 Å². The summed E-state index contributed by atoms with van der Waals surface area (Å²) in [7, 11) is 1.84. The standard InChI is InChI=1S/C16H24N2O4/c1-6-22-14(19)13-9-11-10-18(15(20)21,16(2,3)4)8-7-12(11)17(13)5/h9H,6-8,10H2,1-5H3/p+1. The minimum atomic E-state index is -0.820. The fraction of sp³-hybridized carbons (Fsp3) is 0.625. The van der Waals surface area contributed by atoms with Crippen LogP contribution in [0.2, 0.25) is 0 Å². The summed E-state index contributed by atoms with van der Waals surface area (Å²) in [5, 5.41) is 9.79. The number of fused-ring (bicyclic) bond motifs is 1. The number of ether oxygens (including phenoxy) is 1. The summed E-state index contributed by atoms with van der Waals surface area (Å²) < 4.78 is 6.89. The Bertz CT molecular complexity index is 612. The van der Waals surface area contributed by atoms with Crippen molar-refractivity contribution in [2.75, 3.05) is 13.2 Å². The predicted molar refractivity (Wildman–Crippen MR) is 81.7 cm³/mol. The highest BCUT2D eigenvalue weighted by Gasteiger charge is 2.50. The number of nitrogens with zero attached hydrogens (tertiary/aromatic N) is 2. The first-order chi connectivity index (χ1) is 10.1. The quantitative estimate of drug-likeness (QED) is 0.673. The Morgan fingerprint density at radius 3 is 2.55 bits per heavy atom. The van der Waals surface area contributed by atoms with Gasteiger partial charge in [0.1, 0.15) is 17.8 Å². The molecule has 2 heterocycles. The van der Waals surface area contributed by atoms with E-state index in [1.54, 1.807) is 13.0 Å². The molecule has 1 unspecified atom stereocenters. The molecule has 1 amide bonds. The minimum Gasteiger partial charge on any atom is -0.461 e. The lowest BCUT2D eigenvalue weighted by Gasteiger charge is -2.45. The van der Waals surface area contributed by atoms with Gasteiger partial charge in [0, 0.05) is 24.7 Å². The lowest BCUT2D eigenvalue weighted by molar-refractivity contribution is -0.917. The molecule has 0 aliphatic carbocycles. The molecule has 0 fully saturated rings. The SMILES string of the molecule is CCOC(=O)c1cc2c(n1C)CC[N+](C(=O)O)(C(C)(C)C)C2. The molecule has 1 aliphatic heterocycles. The van der Waals surface area contributed by atoms with Crippen LogP contribution in [-0.2, 0) is 24.8 Å². The molecule has 6 heteroatoms. The molecule has 22 heavy (non-hydrogen) atoms. The first kappa shape index (κ1) is 16.5. The van der Waals surface area contributed by atoms with Gasteiger partial charge in [-0.25, -0.2) is 9.28 Å². The van der Waals surface area contributed by atoms with Gasteiger partial charge in [-0.2, -0.15) is 4.79 Å². The van der Waals surface area contributed by atoms with Crippen LogP contribution in [0, 0.1) is 0 Å². The van der Waals surface area contributed by atoms with Crippen LogP contribution >= 0.6 is 0 Å². The zero-order valence-electron chi connectivity index (χ0n) is 14.0. The second kappa shape index (κ2) is 5.43. The number of hydrogen-bond acceptors (Lipinski definition) is 3. The van der Waals surface area contributed by atoms with E-state index in [0.717, 1.165) is 11.3 Å². The van der Waals surface area contributed by atoms with Crippen molar-refractivity contribution in [2.45, 2.75) is 46.2 Å². The highest BCUT2D eigenvalue weighted by atomic mass is 16.5. The average Bonchev–Trinajstić information content (AvgIpc) is 2.74. The smallest absolute Gasteiger partial charge is 0.461 e. The monoisotopic (exact) mass is 309 g/mol. The third-order valence-electron chi connectivity index (χ3n) is 4.75. The van der Waals surface area contributed by atoms with Gasteiger partial charge in [0.05, 0.1) is 13.2 Å². The van der Waals surface area contributed by atoms with Crippen molar-refractivity contribution in [1.29, 1.82) is 0 Å². The van der Waals surface area contributed by atoms with Gasteiger partial charge in [0.25, 0.3) is 0 Å². The van der Waals surface area contributed by atoms with Crippen LogP contribution in [0.1, 0.15) is 49.4 Å². The Kier molecular flexibility index (Phi) is 4.08. The molecule has 0 aromatic carbocycles. The van der Waals surface area contributed by atoms with Gasteiger partial charge in [0.15, 0.2) is 0 Å². The van der Waals surface area contributed by atoms with E-state index in [0.29, 0.717) is 31.8 Å². The largest absolute Gasteiger partial charge is 0.514 e. The van der Waals surface area contributed by atoms with Gasteiger partial charge in [-0.15, -0.1) is 0 Å². The molecule has 0 spiro atoms. The molecule has 0 saturated heterocycles. The second-order valence-corrected chi connectivity index (χ2v) is 6.83. The molecule has 0 bridgehead atoms. The molecule has 122 valence electrons. The van der Waals surface area contributed by atoms with Gasteiger partial charge in [0.2, 0.25) is 0 Å². The molecule has 1 aromatic rings. The number of rotatable bonds is 2. The Hall–Kier alpha value is -1.82. The molecular formula is C16H25N2O4+. The molecular weight excluding hydrogens is 284 g/mol. The topological polar surface area (TPSA) is 68.5 Å². The third-order valence-corrected chi connectivity index (χ3v) is 4.75. The summed E-state index contributed by atoms with van der Waals surface area (Å²) in [6.07, 6.45) is -0.186. The van der Waals surface area contributed by atoms with Crippen LogP contribution in [0.4, 0.5) is 4.79 Å². The lowest BCUT2D eigenvalue weighted by Crippen LogP contribution is -2.64. The van der Waals surface area contributed by atoms with E-state index < -0.39 is 11.6 Å². The maximum atomic E-state index is 12.0. The molecule has 0 radical (unpaired) electrons. The van der Waals surface area contributed by atoms with Gasteiger partial charge in [-0.1, -0.05) is 0 Å². The highest BCUT2D eigenvalue weighted by Crippen LogP contribution is 2.35. The zero-order chi connectivity index (χ0) is 16.7.